The number of Topliss-reactive ketones (excluding diaryl/α,β-unsaturated/α-hetero) is 1. The highest BCUT2D eigenvalue weighted by Gasteiger charge is 2.33. The molecule has 2 aromatic carbocycles. The van der Waals surface area contributed by atoms with E-state index in [0.29, 0.717) is 45.3 Å². The summed E-state index contributed by atoms with van der Waals surface area (Å²) in [5, 5.41) is 5.37. The predicted molar refractivity (Wildman–Crippen MR) is 148 cm³/mol. The fourth-order valence-electron chi connectivity index (χ4n) is 5.66. The minimum absolute atomic E-state index is 0.0697. The lowest BCUT2D eigenvalue weighted by molar-refractivity contribution is -0.136. The number of hydrogen-bond donors (Lipinski definition) is 2. The number of carbonyl (C=O) groups excluding carboxylic acids is 4. The SMILES string of the molecule is O=C(Cc1ccc(OCCN2CCOCC2)cc1)NCc1ccc2c(c1)CC(CCC1CCC(=O)NC1=O)C2=O. The molecule has 2 aliphatic heterocycles. The van der Waals surface area contributed by atoms with Crippen LogP contribution >= 0.6 is 0 Å². The van der Waals surface area contributed by atoms with Crippen molar-refractivity contribution in [2.24, 2.45) is 11.8 Å². The van der Waals surface area contributed by atoms with Gasteiger partial charge in [-0.25, -0.2) is 0 Å². The van der Waals surface area contributed by atoms with E-state index in [1.807, 2.05) is 42.5 Å². The molecule has 2 heterocycles. The van der Waals surface area contributed by atoms with E-state index in [1.165, 1.54) is 0 Å². The highest BCUT2D eigenvalue weighted by atomic mass is 16.5. The minimum atomic E-state index is -0.221. The molecule has 2 unspecified atom stereocenters. The molecule has 3 amide bonds. The number of rotatable bonds is 11. The van der Waals surface area contributed by atoms with Crippen LogP contribution < -0.4 is 15.4 Å². The van der Waals surface area contributed by atoms with Crippen LogP contribution in [0.1, 0.15) is 52.7 Å². The van der Waals surface area contributed by atoms with Crippen molar-refractivity contribution in [1.82, 2.24) is 15.5 Å². The van der Waals surface area contributed by atoms with Gasteiger partial charge in [0.1, 0.15) is 12.4 Å². The summed E-state index contributed by atoms with van der Waals surface area (Å²) in [4.78, 5) is 51.2. The molecule has 0 spiro atoms. The molecule has 2 atom stereocenters. The van der Waals surface area contributed by atoms with Crippen LogP contribution in [0.25, 0.3) is 0 Å². The van der Waals surface area contributed by atoms with E-state index in [1.54, 1.807) is 0 Å². The molecular formula is C31H37N3O6. The summed E-state index contributed by atoms with van der Waals surface area (Å²) in [6.07, 6.45) is 3.07. The Bertz CT molecular complexity index is 1240. The summed E-state index contributed by atoms with van der Waals surface area (Å²) in [5.74, 6) is 0.0525. The van der Waals surface area contributed by atoms with Gasteiger partial charge in [-0.05, 0) is 54.5 Å². The van der Waals surface area contributed by atoms with Crippen molar-refractivity contribution in [3.63, 3.8) is 0 Å². The van der Waals surface area contributed by atoms with Crippen LogP contribution in [0.3, 0.4) is 0 Å². The van der Waals surface area contributed by atoms with Gasteiger partial charge >= 0.3 is 0 Å². The van der Waals surface area contributed by atoms with E-state index < -0.39 is 0 Å². The maximum atomic E-state index is 12.9. The molecule has 2 fully saturated rings. The first kappa shape index (κ1) is 28.0. The smallest absolute Gasteiger partial charge is 0.229 e. The van der Waals surface area contributed by atoms with Crippen molar-refractivity contribution in [2.75, 3.05) is 39.5 Å². The first-order chi connectivity index (χ1) is 19.4. The van der Waals surface area contributed by atoms with Crippen LogP contribution in [0.4, 0.5) is 0 Å². The molecule has 212 valence electrons. The number of fused-ring (bicyclic) bond motifs is 1. The quantitative estimate of drug-likeness (QED) is 0.416. The van der Waals surface area contributed by atoms with Crippen LogP contribution in [-0.4, -0.2) is 67.9 Å². The maximum Gasteiger partial charge on any atom is 0.229 e. The Kier molecular flexibility index (Phi) is 9.23. The summed E-state index contributed by atoms with van der Waals surface area (Å²) in [5.41, 5.74) is 3.59. The van der Waals surface area contributed by atoms with E-state index in [0.717, 1.165) is 60.9 Å². The standard InChI is InChI=1S/C31H37N3O6/c35-28-10-6-23(31(38)33-28)4-5-24-19-25-17-22(3-9-27(25)30(24)37)20-32-29(36)18-21-1-7-26(8-2-21)40-16-13-34-11-14-39-15-12-34/h1-3,7-9,17,23-24H,4-6,10-16,18-20H2,(H,32,36)(H,33,35,38). The van der Waals surface area contributed by atoms with Gasteiger partial charge in [-0.15, -0.1) is 0 Å². The average Bonchev–Trinajstić information content (AvgIpc) is 3.27. The molecule has 0 radical (unpaired) electrons. The van der Waals surface area contributed by atoms with E-state index in [-0.39, 0.29) is 41.8 Å². The third-order valence-corrected chi connectivity index (χ3v) is 8.05. The first-order valence-corrected chi connectivity index (χ1v) is 14.2. The second-order valence-electron chi connectivity index (χ2n) is 10.9. The number of nitrogens with zero attached hydrogens (tertiary/aromatic N) is 1. The molecule has 0 aromatic heterocycles. The number of benzene rings is 2. The third-order valence-electron chi connectivity index (χ3n) is 8.05. The third kappa shape index (κ3) is 7.34. The Labute approximate surface area is 234 Å². The maximum absolute atomic E-state index is 12.9. The predicted octanol–water partition coefficient (Wildman–Crippen LogP) is 2.44. The van der Waals surface area contributed by atoms with E-state index in [9.17, 15) is 19.2 Å². The normalized spacial score (nSPS) is 21.1. The Morgan fingerprint density at radius 1 is 1.00 bits per heavy atom. The molecule has 3 aliphatic rings. The highest BCUT2D eigenvalue weighted by molar-refractivity contribution is 6.02. The van der Waals surface area contributed by atoms with Crippen molar-refractivity contribution in [1.29, 1.82) is 0 Å². The molecule has 9 nitrogen and oxygen atoms in total. The van der Waals surface area contributed by atoms with Crippen molar-refractivity contribution in [3.8, 4) is 5.75 Å². The molecule has 2 aromatic rings. The minimum Gasteiger partial charge on any atom is -0.492 e. The Morgan fingerprint density at radius 3 is 2.52 bits per heavy atom. The summed E-state index contributed by atoms with van der Waals surface area (Å²) in [6.45, 7) is 5.31. The fourth-order valence-corrected chi connectivity index (χ4v) is 5.66. The number of carbonyl (C=O) groups is 4. The van der Waals surface area contributed by atoms with Crippen LogP contribution in [-0.2, 0) is 38.5 Å². The highest BCUT2D eigenvalue weighted by Crippen LogP contribution is 2.32. The first-order valence-electron chi connectivity index (χ1n) is 14.2. The van der Waals surface area contributed by atoms with Gasteiger partial charge in [0, 0.05) is 50.0 Å². The molecule has 40 heavy (non-hydrogen) atoms. The monoisotopic (exact) mass is 547 g/mol. The molecule has 9 heteroatoms. The Hall–Kier alpha value is -3.56. The van der Waals surface area contributed by atoms with Gasteiger partial charge in [-0.3, -0.25) is 29.4 Å². The summed E-state index contributed by atoms with van der Waals surface area (Å²) < 4.78 is 11.2. The molecule has 0 saturated carbocycles. The van der Waals surface area contributed by atoms with Gasteiger partial charge in [0.15, 0.2) is 5.78 Å². The van der Waals surface area contributed by atoms with Crippen LogP contribution in [0, 0.1) is 11.8 Å². The number of ether oxygens (including phenoxy) is 2. The number of hydrogen-bond acceptors (Lipinski definition) is 7. The molecule has 5 rings (SSSR count). The molecular weight excluding hydrogens is 510 g/mol. The van der Waals surface area contributed by atoms with Crippen molar-refractivity contribution in [3.05, 3.63) is 64.7 Å². The molecule has 1 aliphatic carbocycles. The van der Waals surface area contributed by atoms with E-state index in [2.05, 4.69) is 15.5 Å². The lowest BCUT2D eigenvalue weighted by Crippen LogP contribution is -2.40. The van der Waals surface area contributed by atoms with Gasteiger partial charge in [-0.2, -0.15) is 0 Å². The second-order valence-corrected chi connectivity index (χ2v) is 10.9. The lowest BCUT2D eigenvalue weighted by Gasteiger charge is -2.26. The summed E-state index contributed by atoms with van der Waals surface area (Å²) >= 11 is 0. The zero-order valence-electron chi connectivity index (χ0n) is 22.8. The second kappa shape index (κ2) is 13.2. The Balaban J connectivity index is 1.04. The van der Waals surface area contributed by atoms with Crippen LogP contribution in [0.5, 0.6) is 5.75 Å². The molecule has 2 N–H and O–H groups in total. The van der Waals surface area contributed by atoms with Crippen molar-refractivity contribution in [2.45, 2.75) is 45.1 Å². The van der Waals surface area contributed by atoms with Gasteiger partial charge < -0.3 is 14.8 Å². The summed E-state index contributed by atoms with van der Waals surface area (Å²) in [7, 11) is 0. The number of imide groups is 1. The van der Waals surface area contributed by atoms with Gasteiger partial charge in [0.2, 0.25) is 17.7 Å². The zero-order chi connectivity index (χ0) is 27.9. The largest absolute Gasteiger partial charge is 0.492 e. The lowest BCUT2D eigenvalue weighted by atomic mass is 9.88. The number of nitrogens with one attached hydrogen (secondary N) is 2. The van der Waals surface area contributed by atoms with E-state index in [4.69, 9.17) is 9.47 Å². The molecule has 2 saturated heterocycles. The number of amides is 3. The van der Waals surface area contributed by atoms with Gasteiger partial charge in [0.25, 0.3) is 0 Å². The molecule has 0 bridgehead atoms. The number of piperidine rings is 1. The van der Waals surface area contributed by atoms with Crippen LogP contribution in [0.15, 0.2) is 42.5 Å². The van der Waals surface area contributed by atoms with E-state index >= 15 is 0 Å². The zero-order valence-corrected chi connectivity index (χ0v) is 22.8. The van der Waals surface area contributed by atoms with Crippen molar-refractivity contribution >= 4 is 23.5 Å². The average molecular weight is 548 g/mol. The van der Waals surface area contributed by atoms with Gasteiger partial charge in [0.05, 0.1) is 19.6 Å². The number of ketones is 1. The van der Waals surface area contributed by atoms with Crippen molar-refractivity contribution < 1.29 is 28.7 Å². The van der Waals surface area contributed by atoms with Crippen LogP contribution in [0.2, 0.25) is 0 Å². The summed E-state index contributed by atoms with van der Waals surface area (Å²) in [6, 6.07) is 13.4. The van der Waals surface area contributed by atoms with Gasteiger partial charge in [-0.1, -0.05) is 30.3 Å². The fraction of sp³-hybridized carbons (Fsp3) is 0.484. The Morgan fingerprint density at radius 2 is 1.75 bits per heavy atom. The topological polar surface area (TPSA) is 114 Å². The number of morpholine rings is 1.